The van der Waals surface area contributed by atoms with Gasteiger partial charge >= 0.3 is 0 Å². The van der Waals surface area contributed by atoms with E-state index in [4.69, 9.17) is 9.47 Å². The van der Waals surface area contributed by atoms with Gasteiger partial charge in [0.15, 0.2) is 0 Å². The number of aryl methyl sites for hydroxylation is 1. The van der Waals surface area contributed by atoms with Crippen LogP contribution in [0.2, 0.25) is 0 Å². The lowest BCUT2D eigenvalue weighted by molar-refractivity contribution is -0.131. The van der Waals surface area contributed by atoms with Crippen molar-refractivity contribution in [3.63, 3.8) is 0 Å². The van der Waals surface area contributed by atoms with E-state index in [0.717, 1.165) is 42.4 Å². The normalized spacial score (nSPS) is 14.6. The first-order chi connectivity index (χ1) is 18.1. The van der Waals surface area contributed by atoms with E-state index in [2.05, 4.69) is 71.1 Å². The molecule has 0 aliphatic carbocycles. The van der Waals surface area contributed by atoms with Crippen LogP contribution in [0.3, 0.4) is 0 Å². The Morgan fingerprint density at radius 2 is 1.59 bits per heavy atom. The summed E-state index contributed by atoms with van der Waals surface area (Å²) in [6, 6.07) is 24.8. The first kappa shape index (κ1) is 24.8. The average Bonchev–Trinajstić information content (AvgIpc) is 3.34. The number of carbonyl (C=O) groups excluding carboxylic acids is 1. The van der Waals surface area contributed by atoms with Gasteiger partial charge in [-0.05, 0) is 60.5 Å². The molecule has 1 aliphatic rings. The van der Waals surface area contributed by atoms with Crippen molar-refractivity contribution in [2.75, 3.05) is 45.3 Å². The van der Waals surface area contributed by atoms with E-state index in [1.54, 1.807) is 14.2 Å². The summed E-state index contributed by atoms with van der Waals surface area (Å²) in [4.78, 5) is 18.1. The maximum atomic E-state index is 13.7. The second-order valence-electron chi connectivity index (χ2n) is 9.49. The van der Waals surface area contributed by atoms with Crippen LogP contribution < -0.4 is 14.4 Å². The summed E-state index contributed by atoms with van der Waals surface area (Å²) < 4.78 is 13.1. The van der Waals surface area contributed by atoms with Gasteiger partial charge in [0.1, 0.15) is 11.5 Å². The van der Waals surface area contributed by atoms with Crippen molar-refractivity contribution in [3.05, 3.63) is 90.1 Å². The SMILES string of the molecule is CCn1cc(C(CC(=O)N2CCN(c3ccc(OC)cc3)CC2)c2cccc(OC)c2)c2ccccc21. The minimum Gasteiger partial charge on any atom is -0.497 e. The van der Waals surface area contributed by atoms with Crippen molar-refractivity contribution in [1.82, 2.24) is 9.47 Å². The number of hydrogen-bond donors (Lipinski definition) is 0. The molecule has 1 atom stereocenters. The second-order valence-corrected chi connectivity index (χ2v) is 9.49. The number of methoxy groups -OCH3 is 2. The molecular formula is C31H35N3O3. The van der Waals surface area contributed by atoms with Crippen LogP contribution >= 0.6 is 0 Å². The Morgan fingerprint density at radius 1 is 0.865 bits per heavy atom. The van der Waals surface area contributed by atoms with Gasteiger partial charge < -0.3 is 23.8 Å². The maximum absolute atomic E-state index is 13.7. The molecule has 2 heterocycles. The Balaban J connectivity index is 1.38. The van der Waals surface area contributed by atoms with Crippen LogP contribution in [-0.2, 0) is 11.3 Å². The van der Waals surface area contributed by atoms with Gasteiger partial charge in [-0.1, -0.05) is 30.3 Å². The topological polar surface area (TPSA) is 46.9 Å². The number of carbonyl (C=O) groups is 1. The first-order valence-electron chi connectivity index (χ1n) is 13.0. The van der Waals surface area contributed by atoms with E-state index in [9.17, 15) is 4.79 Å². The van der Waals surface area contributed by atoms with Crippen LogP contribution in [0.4, 0.5) is 5.69 Å². The van der Waals surface area contributed by atoms with E-state index >= 15 is 0 Å². The average molecular weight is 498 g/mol. The smallest absolute Gasteiger partial charge is 0.223 e. The number of hydrogen-bond acceptors (Lipinski definition) is 4. The maximum Gasteiger partial charge on any atom is 0.223 e. The second kappa shape index (κ2) is 11.0. The number of aromatic nitrogens is 1. The Kier molecular flexibility index (Phi) is 7.35. The number of benzene rings is 3. The zero-order valence-electron chi connectivity index (χ0n) is 21.9. The van der Waals surface area contributed by atoms with Gasteiger partial charge in [0.25, 0.3) is 0 Å². The summed E-state index contributed by atoms with van der Waals surface area (Å²) in [7, 11) is 3.36. The van der Waals surface area contributed by atoms with Crippen molar-refractivity contribution in [2.45, 2.75) is 25.8 Å². The molecule has 6 nitrogen and oxygen atoms in total. The molecule has 0 N–H and O–H groups in total. The van der Waals surface area contributed by atoms with Gasteiger partial charge in [-0.15, -0.1) is 0 Å². The number of nitrogens with zero attached hydrogens (tertiary/aromatic N) is 3. The molecule has 4 aromatic rings. The number of fused-ring (bicyclic) bond motifs is 1. The molecule has 1 saturated heterocycles. The molecule has 1 fully saturated rings. The lowest BCUT2D eigenvalue weighted by Gasteiger charge is -2.36. The summed E-state index contributed by atoms with van der Waals surface area (Å²) >= 11 is 0. The molecular weight excluding hydrogens is 462 g/mol. The van der Waals surface area contributed by atoms with Crippen LogP contribution in [-0.4, -0.2) is 55.8 Å². The predicted octanol–water partition coefficient (Wildman–Crippen LogP) is 5.55. The highest BCUT2D eigenvalue weighted by Crippen LogP contribution is 2.36. The minimum atomic E-state index is -0.0556. The van der Waals surface area contributed by atoms with Crippen LogP contribution in [0.1, 0.15) is 30.4 Å². The standard InChI is InChI=1S/C31H35N3O3/c1-4-32-22-29(27-10-5-6-11-30(27)32)28(23-8-7-9-26(20-23)37-3)21-31(35)34-18-16-33(17-19-34)24-12-14-25(36-2)15-13-24/h5-15,20,22,28H,4,16-19,21H2,1-3H3. The van der Waals surface area contributed by atoms with Crippen LogP contribution in [0.15, 0.2) is 79.0 Å². The highest BCUT2D eigenvalue weighted by molar-refractivity contribution is 5.87. The molecule has 0 saturated carbocycles. The third-order valence-electron chi connectivity index (χ3n) is 7.48. The van der Waals surface area contributed by atoms with Gasteiger partial charge in [-0.3, -0.25) is 4.79 Å². The van der Waals surface area contributed by atoms with Crippen molar-refractivity contribution < 1.29 is 14.3 Å². The lowest BCUT2D eigenvalue weighted by Crippen LogP contribution is -2.49. The molecule has 5 rings (SSSR count). The molecule has 192 valence electrons. The minimum absolute atomic E-state index is 0.0556. The first-order valence-corrected chi connectivity index (χ1v) is 13.0. The molecule has 0 radical (unpaired) electrons. The zero-order valence-corrected chi connectivity index (χ0v) is 21.9. The van der Waals surface area contributed by atoms with Crippen molar-refractivity contribution in [1.29, 1.82) is 0 Å². The predicted molar refractivity (Wildman–Crippen MR) is 149 cm³/mol. The quantitative estimate of drug-likeness (QED) is 0.320. The molecule has 3 aromatic carbocycles. The Bertz CT molecular complexity index is 1350. The van der Waals surface area contributed by atoms with Gasteiger partial charge in [-0.25, -0.2) is 0 Å². The molecule has 0 spiro atoms. The van der Waals surface area contributed by atoms with Gasteiger partial charge in [0, 0.05) is 67.8 Å². The van der Waals surface area contributed by atoms with Crippen LogP contribution in [0.25, 0.3) is 10.9 Å². The molecule has 37 heavy (non-hydrogen) atoms. The van der Waals surface area contributed by atoms with E-state index in [0.29, 0.717) is 19.5 Å². The Labute approximate surface area is 219 Å². The van der Waals surface area contributed by atoms with E-state index in [1.165, 1.54) is 16.5 Å². The third kappa shape index (κ3) is 5.15. The van der Waals surface area contributed by atoms with Crippen molar-refractivity contribution in [3.8, 4) is 11.5 Å². The largest absolute Gasteiger partial charge is 0.497 e. The molecule has 1 amide bonds. The number of amides is 1. The van der Waals surface area contributed by atoms with E-state index in [1.807, 2.05) is 29.2 Å². The molecule has 6 heteroatoms. The molecule has 1 unspecified atom stereocenters. The lowest BCUT2D eigenvalue weighted by atomic mass is 9.87. The Morgan fingerprint density at radius 3 is 2.30 bits per heavy atom. The van der Waals surface area contributed by atoms with Crippen LogP contribution in [0.5, 0.6) is 11.5 Å². The summed E-state index contributed by atoms with van der Waals surface area (Å²) in [6.45, 7) is 6.10. The number of para-hydroxylation sites is 1. The fourth-order valence-corrected chi connectivity index (χ4v) is 5.39. The summed E-state index contributed by atoms with van der Waals surface area (Å²) in [6.07, 6.45) is 2.65. The molecule has 1 aromatic heterocycles. The van der Waals surface area contributed by atoms with E-state index in [-0.39, 0.29) is 11.8 Å². The highest BCUT2D eigenvalue weighted by Gasteiger charge is 2.27. The highest BCUT2D eigenvalue weighted by atomic mass is 16.5. The van der Waals surface area contributed by atoms with Gasteiger partial charge in [0.2, 0.25) is 5.91 Å². The number of anilines is 1. The summed E-state index contributed by atoms with van der Waals surface area (Å²) in [5, 5.41) is 1.20. The molecule has 0 bridgehead atoms. The van der Waals surface area contributed by atoms with Gasteiger partial charge in [0.05, 0.1) is 14.2 Å². The van der Waals surface area contributed by atoms with Crippen LogP contribution in [0, 0.1) is 0 Å². The van der Waals surface area contributed by atoms with E-state index < -0.39 is 0 Å². The fourth-order valence-electron chi connectivity index (χ4n) is 5.39. The number of ether oxygens (including phenoxy) is 2. The number of piperazine rings is 1. The monoisotopic (exact) mass is 497 g/mol. The van der Waals surface area contributed by atoms with Crippen molar-refractivity contribution >= 4 is 22.5 Å². The fraction of sp³-hybridized carbons (Fsp3) is 0.323. The third-order valence-corrected chi connectivity index (χ3v) is 7.48. The summed E-state index contributed by atoms with van der Waals surface area (Å²) in [5.74, 6) is 1.79. The van der Waals surface area contributed by atoms with Crippen molar-refractivity contribution in [2.24, 2.45) is 0 Å². The summed E-state index contributed by atoms with van der Waals surface area (Å²) in [5.41, 5.74) is 4.66. The Hall–Kier alpha value is -3.93. The molecule has 1 aliphatic heterocycles. The zero-order chi connectivity index (χ0) is 25.8. The number of rotatable bonds is 8. The van der Waals surface area contributed by atoms with Gasteiger partial charge in [-0.2, -0.15) is 0 Å².